The van der Waals surface area contributed by atoms with Gasteiger partial charge in [0, 0.05) is 16.6 Å². The molecule has 1 aliphatic heterocycles. The molecule has 1 aromatic rings. The number of rotatable bonds is 5. The van der Waals surface area contributed by atoms with E-state index in [0.717, 1.165) is 10.0 Å². The van der Waals surface area contributed by atoms with Crippen molar-refractivity contribution in [1.82, 2.24) is 5.32 Å². The molecule has 1 fully saturated rings. The summed E-state index contributed by atoms with van der Waals surface area (Å²) in [6, 6.07) is 6.95. The van der Waals surface area contributed by atoms with Crippen LogP contribution >= 0.6 is 15.9 Å². The Labute approximate surface area is 142 Å². The normalized spacial score (nSPS) is 19.6. The van der Waals surface area contributed by atoms with E-state index in [1.54, 1.807) is 6.08 Å². The molecule has 0 aromatic heterocycles. The molecule has 1 aliphatic rings. The summed E-state index contributed by atoms with van der Waals surface area (Å²) in [6.45, 7) is -0.432. The first-order valence-corrected chi connectivity index (χ1v) is 9.56. The molecule has 0 aliphatic carbocycles. The number of halogens is 1. The fourth-order valence-electron chi connectivity index (χ4n) is 2.14. The van der Waals surface area contributed by atoms with Crippen LogP contribution < -0.4 is 5.32 Å². The molecule has 6 nitrogen and oxygen atoms in total. The summed E-state index contributed by atoms with van der Waals surface area (Å²) < 4.78 is 28.3. The third kappa shape index (κ3) is 6.15. The molecule has 0 bridgehead atoms. The molecule has 0 radical (unpaired) electrons. The Morgan fingerprint density at radius 1 is 1.39 bits per heavy atom. The molecular formula is C15H16BrNO5S. The van der Waals surface area contributed by atoms with Crippen molar-refractivity contribution >= 4 is 43.7 Å². The van der Waals surface area contributed by atoms with Crippen LogP contribution in [0.5, 0.6) is 0 Å². The molecule has 1 amide bonds. The maximum absolute atomic E-state index is 11.6. The lowest BCUT2D eigenvalue weighted by atomic mass is 10.2. The maximum atomic E-state index is 11.6. The van der Waals surface area contributed by atoms with Gasteiger partial charge in [0.15, 0.2) is 16.4 Å². The standard InChI is InChI=1S/C15H16BrNO5S/c16-12-3-1-2-11(8-12)4-5-15(19)22-9-14(18)17-13-6-7-23(20,21)10-13/h1-5,8,13H,6-7,9-10H2,(H,17,18). The van der Waals surface area contributed by atoms with Crippen LogP contribution in [0.25, 0.3) is 6.08 Å². The van der Waals surface area contributed by atoms with Gasteiger partial charge in [-0.1, -0.05) is 28.1 Å². The van der Waals surface area contributed by atoms with Crippen LogP contribution in [-0.2, 0) is 24.2 Å². The monoisotopic (exact) mass is 401 g/mol. The van der Waals surface area contributed by atoms with Crippen molar-refractivity contribution < 1.29 is 22.7 Å². The number of carbonyl (C=O) groups excluding carboxylic acids is 2. The van der Waals surface area contributed by atoms with E-state index >= 15 is 0 Å². The minimum Gasteiger partial charge on any atom is -0.452 e. The van der Waals surface area contributed by atoms with Gasteiger partial charge in [0.1, 0.15) is 0 Å². The summed E-state index contributed by atoms with van der Waals surface area (Å²) in [7, 11) is -3.05. The van der Waals surface area contributed by atoms with Gasteiger partial charge in [0.2, 0.25) is 0 Å². The van der Waals surface area contributed by atoms with Gasteiger partial charge in [0.25, 0.3) is 5.91 Å². The lowest BCUT2D eigenvalue weighted by Gasteiger charge is -2.10. The van der Waals surface area contributed by atoms with E-state index in [1.807, 2.05) is 24.3 Å². The first-order chi connectivity index (χ1) is 10.8. The number of benzene rings is 1. The van der Waals surface area contributed by atoms with Gasteiger partial charge in [0.05, 0.1) is 11.5 Å². The van der Waals surface area contributed by atoms with Gasteiger partial charge < -0.3 is 10.1 Å². The van der Waals surface area contributed by atoms with Crippen LogP contribution in [0.3, 0.4) is 0 Å². The third-order valence-corrected chi connectivity index (χ3v) is 5.46. The second-order valence-corrected chi connectivity index (χ2v) is 8.31. The number of hydrogen-bond donors (Lipinski definition) is 1. The van der Waals surface area contributed by atoms with Crippen molar-refractivity contribution in [1.29, 1.82) is 0 Å². The molecule has 1 N–H and O–H groups in total. The highest BCUT2D eigenvalue weighted by Gasteiger charge is 2.28. The number of sulfone groups is 1. The summed E-state index contributed by atoms with van der Waals surface area (Å²) >= 11 is 3.32. The van der Waals surface area contributed by atoms with Gasteiger partial charge in [-0.25, -0.2) is 13.2 Å². The Morgan fingerprint density at radius 3 is 2.83 bits per heavy atom. The Bertz CT molecular complexity index is 729. The highest BCUT2D eigenvalue weighted by molar-refractivity contribution is 9.10. The number of amides is 1. The average Bonchev–Trinajstić information content (AvgIpc) is 2.82. The molecule has 1 unspecified atom stereocenters. The minimum atomic E-state index is -3.05. The second-order valence-electron chi connectivity index (χ2n) is 5.16. The van der Waals surface area contributed by atoms with E-state index in [0.29, 0.717) is 6.42 Å². The predicted molar refractivity (Wildman–Crippen MR) is 89.3 cm³/mol. The van der Waals surface area contributed by atoms with Crippen molar-refractivity contribution in [2.75, 3.05) is 18.1 Å². The lowest BCUT2D eigenvalue weighted by Crippen LogP contribution is -2.38. The maximum Gasteiger partial charge on any atom is 0.331 e. The largest absolute Gasteiger partial charge is 0.452 e. The van der Waals surface area contributed by atoms with Crippen molar-refractivity contribution in [2.24, 2.45) is 0 Å². The lowest BCUT2D eigenvalue weighted by molar-refractivity contribution is -0.143. The highest BCUT2D eigenvalue weighted by Crippen LogP contribution is 2.13. The molecule has 0 saturated carbocycles. The third-order valence-electron chi connectivity index (χ3n) is 3.20. The van der Waals surface area contributed by atoms with Gasteiger partial charge in [-0.3, -0.25) is 4.79 Å². The molecular weight excluding hydrogens is 386 g/mol. The molecule has 23 heavy (non-hydrogen) atoms. The molecule has 1 aromatic carbocycles. The number of hydrogen-bond acceptors (Lipinski definition) is 5. The number of nitrogens with one attached hydrogen (secondary N) is 1. The van der Waals surface area contributed by atoms with Gasteiger partial charge >= 0.3 is 5.97 Å². The Hall–Kier alpha value is -1.67. The van der Waals surface area contributed by atoms with Gasteiger partial charge in [-0.15, -0.1) is 0 Å². The zero-order valence-electron chi connectivity index (χ0n) is 12.2. The molecule has 8 heteroatoms. The fraction of sp³-hybridized carbons (Fsp3) is 0.333. The summed E-state index contributed by atoms with van der Waals surface area (Å²) in [5.74, 6) is -1.13. The fourth-order valence-corrected chi connectivity index (χ4v) is 4.23. The Kier molecular flexibility index (Phi) is 5.95. The zero-order valence-corrected chi connectivity index (χ0v) is 14.6. The van der Waals surface area contributed by atoms with Crippen LogP contribution in [0.1, 0.15) is 12.0 Å². The van der Waals surface area contributed by atoms with Crippen LogP contribution in [0, 0.1) is 0 Å². The van der Waals surface area contributed by atoms with E-state index in [2.05, 4.69) is 21.2 Å². The van der Waals surface area contributed by atoms with E-state index in [-0.39, 0.29) is 11.5 Å². The summed E-state index contributed by atoms with van der Waals surface area (Å²) in [6.07, 6.45) is 3.20. The topological polar surface area (TPSA) is 89.5 Å². The first-order valence-electron chi connectivity index (χ1n) is 6.94. The number of ether oxygens (including phenoxy) is 1. The molecule has 0 spiro atoms. The van der Waals surface area contributed by atoms with Crippen LogP contribution in [0.2, 0.25) is 0 Å². The first kappa shape index (κ1) is 17.7. The molecule has 124 valence electrons. The van der Waals surface area contributed by atoms with Crippen LogP contribution in [-0.4, -0.2) is 44.4 Å². The average molecular weight is 402 g/mol. The minimum absolute atomic E-state index is 0.0600. The molecule has 1 saturated heterocycles. The number of esters is 1. The van der Waals surface area contributed by atoms with E-state index in [4.69, 9.17) is 4.74 Å². The van der Waals surface area contributed by atoms with Gasteiger partial charge in [-0.2, -0.15) is 0 Å². The Morgan fingerprint density at radius 2 is 2.17 bits per heavy atom. The van der Waals surface area contributed by atoms with E-state index in [9.17, 15) is 18.0 Å². The molecule has 2 rings (SSSR count). The van der Waals surface area contributed by atoms with Crippen LogP contribution in [0.4, 0.5) is 0 Å². The van der Waals surface area contributed by atoms with E-state index in [1.165, 1.54) is 6.08 Å². The summed E-state index contributed by atoms with van der Waals surface area (Å²) in [5, 5.41) is 2.55. The smallest absolute Gasteiger partial charge is 0.331 e. The summed E-state index contributed by atoms with van der Waals surface area (Å²) in [5.41, 5.74) is 0.817. The van der Waals surface area contributed by atoms with Crippen LogP contribution in [0.15, 0.2) is 34.8 Å². The van der Waals surface area contributed by atoms with Crippen molar-refractivity contribution in [2.45, 2.75) is 12.5 Å². The second kappa shape index (κ2) is 7.74. The van der Waals surface area contributed by atoms with Crippen molar-refractivity contribution in [3.8, 4) is 0 Å². The van der Waals surface area contributed by atoms with E-state index < -0.39 is 34.4 Å². The molecule has 1 heterocycles. The quantitative estimate of drug-likeness (QED) is 0.593. The number of carbonyl (C=O) groups is 2. The Balaban J connectivity index is 1.75. The van der Waals surface area contributed by atoms with Crippen molar-refractivity contribution in [3.63, 3.8) is 0 Å². The van der Waals surface area contributed by atoms with Gasteiger partial charge in [-0.05, 0) is 30.2 Å². The van der Waals surface area contributed by atoms with Crippen molar-refractivity contribution in [3.05, 3.63) is 40.4 Å². The molecule has 1 atom stereocenters. The summed E-state index contributed by atoms with van der Waals surface area (Å²) in [4.78, 5) is 23.2. The SMILES string of the molecule is O=C(COC(=O)C=Cc1cccc(Br)c1)NC1CCS(=O)(=O)C1. The zero-order chi connectivity index (χ0) is 16.9. The predicted octanol–water partition coefficient (Wildman–Crippen LogP) is 1.31. The highest BCUT2D eigenvalue weighted by atomic mass is 79.9.